The van der Waals surface area contributed by atoms with Crippen molar-refractivity contribution >= 4 is 30.2 Å². The summed E-state index contributed by atoms with van der Waals surface area (Å²) in [4.78, 5) is 33.8. The Kier molecular flexibility index (Phi) is 9.36. The van der Waals surface area contributed by atoms with Gasteiger partial charge >= 0.3 is 0 Å². The van der Waals surface area contributed by atoms with E-state index in [0.717, 1.165) is 6.29 Å². The smallest absolute Gasteiger partial charge is 0.264 e. The molecule has 0 aliphatic rings. The molecule has 1 atom stereocenters. The minimum atomic E-state index is -0.513. The second-order valence-corrected chi connectivity index (χ2v) is 5.79. The number of nitriles is 1. The highest BCUT2D eigenvalue weighted by Gasteiger charge is 2.18. The van der Waals surface area contributed by atoms with Crippen LogP contribution in [-0.2, 0) is 14.4 Å². The number of phenolic OH excluding ortho intramolecular Hbond substituents is 2. The van der Waals surface area contributed by atoms with Crippen LogP contribution in [0.1, 0.15) is 25.8 Å². The number of likely N-dealkylation sites (N-methyl/N-ethyl adjacent to an activating group) is 1. The lowest BCUT2D eigenvalue weighted by Gasteiger charge is -2.18. The van der Waals surface area contributed by atoms with Gasteiger partial charge in [-0.25, -0.2) is 4.84 Å². The van der Waals surface area contributed by atoms with E-state index >= 15 is 0 Å². The first-order valence-corrected chi connectivity index (χ1v) is 8.71. The Morgan fingerprint density at radius 2 is 2.14 bits per heavy atom. The third-order valence-electron chi connectivity index (χ3n) is 3.89. The van der Waals surface area contributed by atoms with Gasteiger partial charge in [0, 0.05) is 18.8 Å². The first kappa shape index (κ1) is 22.8. The van der Waals surface area contributed by atoms with Crippen molar-refractivity contribution in [3.05, 3.63) is 23.3 Å². The molecule has 0 aromatic heterocycles. The van der Waals surface area contributed by atoms with E-state index in [0.29, 0.717) is 18.5 Å². The number of carbonyl (C=O) groups excluding carboxylic acids is 2. The predicted molar refractivity (Wildman–Crippen MR) is 103 cm³/mol. The third-order valence-corrected chi connectivity index (χ3v) is 3.89. The van der Waals surface area contributed by atoms with Gasteiger partial charge in [0.2, 0.25) is 11.4 Å². The molecule has 1 aromatic rings. The number of nitrogens with zero attached hydrogens (tertiary/aromatic N) is 3. The maximum absolute atomic E-state index is 12.6. The van der Waals surface area contributed by atoms with Crippen molar-refractivity contribution in [2.75, 3.05) is 20.2 Å². The van der Waals surface area contributed by atoms with Crippen molar-refractivity contribution in [3.8, 4) is 17.6 Å². The van der Waals surface area contributed by atoms with Gasteiger partial charge in [-0.05, 0) is 31.1 Å². The number of hydrogen-bond donors (Lipinski definition) is 3. The maximum Gasteiger partial charge on any atom is 0.264 e. The van der Waals surface area contributed by atoms with Gasteiger partial charge in [0.05, 0.1) is 13.7 Å². The number of quaternary nitrogens is 1. The lowest BCUT2D eigenvalue weighted by Crippen LogP contribution is -2.75. The van der Waals surface area contributed by atoms with Gasteiger partial charge in [-0.3, -0.25) is 9.79 Å². The van der Waals surface area contributed by atoms with Gasteiger partial charge in [0.15, 0.2) is 5.75 Å². The number of phenols is 2. The largest absolute Gasteiger partial charge is 0.504 e. The van der Waals surface area contributed by atoms with Crippen LogP contribution in [0.5, 0.6) is 11.5 Å². The van der Waals surface area contributed by atoms with Gasteiger partial charge in [-0.2, -0.15) is 10.7 Å². The Hall–Kier alpha value is -3.22. The highest BCUT2D eigenvalue weighted by Crippen LogP contribution is 2.32. The van der Waals surface area contributed by atoms with Gasteiger partial charge in [0.25, 0.3) is 5.91 Å². The van der Waals surface area contributed by atoms with E-state index in [4.69, 9.17) is 4.84 Å². The number of carbonyl (C=O) groups is 2. The van der Waals surface area contributed by atoms with Crippen molar-refractivity contribution in [1.29, 1.82) is 5.26 Å². The van der Waals surface area contributed by atoms with Crippen LogP contribution in [0.25, 0.3) is 6.08 Å². The number of benzene rings is 1. The fourth-order valence-electron chi connectivity index (χ4n) is 2.32. The molecule has 1 amide bonds. The Morgan fingerprint density at radius 1 is 1.43 bits per heavy atom. The average Bonchev–Trinajstić information content (AvgIpc) is 2.69. The summed E-state index contributed by atoms with van der Waals surface area (Å²) in [6.07, 6.45) is 4.10. The molecule has 0 aliphatic heterocycles. The molecule has 0 saturated carbocycles. The fraction of sp³-hybridized carbons (Fsp3) is 0.368. The van der Waals surface area contributed by atoms with Crippen LogP contribution in [0.15, 0.2) is 22.7 Å². The molecule has 0 radical (unpaired) electrons. The average molecular weight is 389 g/mol. The summed E-state index contributed by atoms with van der Waals surface area (Å²) in [6.45, 7) is 4.08. The zero-order chi connectivity index (χ0) is 21.1. The summed E-state index contributed by atoms with van der Waals surface area (Å²) in [7, 11) is 1.39. The normalized spacial score (nSPS) is 12.6. The van der Waals surface area contributed by atoms with E-state index in [1.54, 1.807) is 6.92 Å². The van der Waals surface area contributed by atoms with E-state index < -0.39 is 17.7 Å². The Morgan fingerprint density at radius 3 is 2.68 bits per heavy atom. The van der Waals surface area contributed by atoms with Crippen LogP contribution in [0.3, 0.4) is 0 Å². The molecule has 28 heavy (non-hydrogen) atoms. The zero-order valence-corrected chi connectivity index (χ0v) is 16.1. The summed E-state index contributed by atoms with van der Waals surface area (Å²) < 4.78 is 0. The van der Waals surface area contributed by atoms with Crippen LogP contribution in [0.4, 0.5) is 5.69 Å². The van der Waals surface area contributed by atoms with Gasteiger partial charge in [0.1, 0.15) is 24.0 Å². The monoisotopic (exact) mass is 389 g/mol. The predicted octanol–water partition coefficient (Wildman–Crippen LogP) is 0.658. The molecular formula is C19H25N4O5+. The number of nitrogens with two attached hydrogens (primary N) is 1. The first-order chi connectivity index (χ1) is 13.4. The summed E-state index contributed by atoms with van der Waals surface area (Å²) >= 11 is 0. The fourth-order valence-corrected chi connectivity index (χ4v) is 2.32. The van der Waals surface area contributed by atoms with E-state index in [9.17, 15) is 25.1 Å². The van der Waals surface area contributed by atoms with Crippen LogP contribution < -0.4 is 5.48 Å². The Balaban J connectivity index is 3.09. The standard InChI is InChI=1S/C19H24N4O5/c1-4-15(12-24)21-6-7-23(5-2)19(27)14(11-20)8-13-9-16(22-28-3)18(26)17(25)10-13/h6,8-10,12,15,22,25-26H,4-5,7H2,1-3H3/p+1/b14-8+,21-6?. The van der Waals surface area contributed by atoms with Crippen LogP contribution in [0.2, 0.25) is 0 Å². The molecule has 0 spiro atoms. The van der Waals surface area contributed by atoms with Crippen molar-refractivity contribution in [1.82, 2.24) is 4.90 Å². The van der Waals surface area contributed by atoms with Gasteiger partial charge < -0.3 is 19.9 Å². The zero-order valence-electron chi connectivity index (χ0n) is 16.1. The van der Waals surface area contributed by atoms with Crippen molar-refractivity contribution < 1.29 is 30.1 Å². The molecule has 0 aliphatic carbocycles. The van der Waals surface area contributed by atoms with Crippen molar-refractivity contribution in [2.45, 2.75) is 26.3 Å². The lowest BCUT2D eigenvalue weighted by atomic mass is 10.1. The molecule has 9 heteroatoms. The summed E-state index contributed by atoms with van der Waals surface area (Å²) in [5.41, 5.74) is 1.63. The number of aromatic hydroxyl groups is 2. The number of aldehydes is 1. The summed E-state index contributed by atoms with van der Waals surface area (Å²) in [5.74, 6) is -1.28. The molecular weight excluding hydrogens is 364 g/mol. The van der Waals surface area contributed by atoms with E-state index in [1.165, 1.54) is 41.9 Å². The van der Waals surface area contributed by atoms with E-state index in [1.807, 2.05) is 13.0 Å². The SMILES string of the molecule is CCC(C=O)N=CCN(CC)C(=O)/C(C#N)=C/c1cc(O)c(O)c([NH2+]OC)c1. The molecule has 0 bridgehead atoms. The topological polar surface area (TPSA) is 140 Å². The number of rotatable bonds is 10. The molecule has 150 valence electrons. The summed E-state index contributed by atoms with van der Waals surface area (Å²) in [6, 6.07) is 4.11. The quantitative estimate of drug-likeness (QED) is 0.102. The van der Waals surface area contributed by atoms with Crippen LogP contribution in [0, 0.1) is 11.3 Å². The van der Waals surface area contributed by atoms with Gasteiger partial charge in [-0.15, -0.1) is 0 Å². The first-order valence-electron chi connectivity index (χ1n) is 8.71. The molecule has 1 aromatic carbocycles. The molecule has 0 heterocycles. The number of aliphatic imine (C=N–C) groups is 1. The minimum absolute atomic E-state index is 0.147. The van der Waals surface area contributed by atoms with E-state index in [-0.39, 0.29) is 23.6 Å². The highest BCUT2D eigenvalue weighted by molar-refractivity contribution is 6.02. The Bertz CT molecular complexity index is 798. The molecule has 9 nitrogen and oxygen atoms in total. The molecule has 4 N–H and O–H groups in total. The number of hydrogen-bond acceptors (Lipinski definition) is 7. The second kappa shape index (κ2) is 11.5. The second-order valence-electron chi connectivity index (χ2n) is 5.79. The van der Waals surface area contributed by atoms with Crippen molar-refractivity contribution in [2.24, 2.45) is 4.99 Å². The van der Waals surface area contributed by atoms with Crippen LogP contribution in [-0.4, -0.2) is 59.8 Å². The molecule has 1 rings (SSSR count). The maximum atomic E-state index is 12.6. The Labute approximate surface area is 163 Å². The van der Waals surface area contributed by atoms with E-state index in [2.05, 4.69) is 4.99 Å². The third kappa shape index (κ3) is 6.19. The number of amides is 1. The lowest BCUT2D eigenvalue weighted by molar-refractivity contribution is -0.830. The molecule has 1 unspecified atom stereocenters. The van der Waals surface area contributed by atoms with Crippen LogP contribution >= 0.6 is 0 Å². The highest BCUT2D eigenvalue weighted by atomic mass is 16.6. The minimum Gasteiger partial charge on any atom is -0.504 e. The molecule has 0 saturated heterocycles. The van der Waals surface area contributed by atoms with Gasteiger partial charge in [-0.1, -0.05) is 6.92 Å². The summed E-state index contributed by atoms with van der Waals surface area (Å²) in [5, 5.41) is 29.0. The van der Waals surface area contributed by atoms with Crippen molar-refractivity contribution in [3.63, 3.8) is 0 Å². The molecule has 0 fully saturated rings.